The third kappa shape index (κ3) is 23.6. The van der Waals surface area contributed by atoms with Crippen molar-refractivity contribution in [1.29, 1.82) is 0 Å². The molecule has 8 rings (SSSR count). The van der Waals surface area contributed by atoms with Gasteiger partial charge in [-0.15, -0.1) is 0 Å². The third-order valence-electron chi connectivity index (χ3n) is 22.8. The van der Waals surface area contributed by atoms with Crippen LogP contribution in [0.2, 0.25) is 0 Å². The molecule has 36 N–H and O–H groups in total. The molecule has 60 nitrogen and oxygen atoms in total. The molecule has 0 unspecified atom stereocenters. The van der Waals surface area contributed by atoms with Gasteiger partial charge in [0.2, 0.25) is 29.5 Å². The van der Waals surface area contributed by atoms with Gasteiger partial charge in [0.1, 0.15) is 184 Å². The summed E-state index contributed by atoms with van der Waals surface area (Å²) in [5.74, 6) is -30.3. The zero-order valence-corrected chi connectivity index (χ0v) is 68.7. The number of hydrogen-bond acceptors (Lipinski definition) is 51. The number of aliphatic hydroxyl groups is 27. The zero-order chi connectivity index (χ0) is 97.3. The maximum Gasteiger partial charge on any atom is 0.364 e. The smallest absolute Gasteiger partial charge is 0.364 e. The fraction of sp³-hybridized carbons (Fsp3) is 0.871. The van der Waals surface area contributed by atoms with Crippen LogP contribution >= 0.6 is 0 Å². The van der Waals surface area contributed by atoms with Gasteiger partial charge in [0.15, 0.2) is 25.2 Å². The minimum absolute atomic E-state index is 0.737. The second-order valence-corrected chi connectivity index (χ2v) is 31.8. The number of carboxylic acids is 4. The molecule has 0 aromatic rings. The molecule has 8 aliphatic heterocycles. The lowest BCUT2D eigenvalue weighted by atomic mass is 9.87. The molecule has 0 radical (unpaired) electrons. The zero-order valence-electron chi connectivity index (χ0n) is 68.7. The van der Waals surface area contributed by atoms with E-state index in [4.69, 9.17) is 71.1 Å². The predicted molar refractivity (Wildman–Crippen MR) is 394 cm³/mol. The van der Waals surface area contributed by atoms with Gasteiger partial charge in [-0.25, -0.2) is 19.2 Å². The molecule has 748 valence electrons. The van der Waals surface area contributed by atoms with Gasteiger partial charge in [-0.3, -0.25) is 24.0 Å². The van der Waals surface area contributed by atoms with Crippen molar-refractivity contribution in [2.24, 2.45) is 0 Å². The van der Waals surface area contributed by atoms with Crippen LogP contribution in [0.1, 0.15) is 46.5 Å². The Labute approximate surface area is 730 Å². The van der Waals surface area contributed by atoms with Crippen LogP contribution in [0.3, 0.4) is 0 Å². The van der Waals surface area contributed by atoms with E-state index < -0.39 is 413 Å². The van der Waals surface area contributed by atoms with Gasteiger partial charge >= 0.3 is 23.9 Å². The number of hydrogen-bond donors (Lipinski definition) is 36. The molecule has 44 atom stereocenters. The number of aliphatic carboxylic acids is 4. The standard InChI is InChI=1S/C70H113N5O55/c1-18(86)71-35-21(89)4-67(63(108)109,125-53(35)40(97)25(93)8-76)123-29(12-80)44(101)55-37(74-33(95)16-84)23(91)6-69(127-55,65(112)113)129-57-43(100)28(11-79)118-61(48(57)105)122-52-39(73-20(3)88)60(117-27(10-78)42(52)99)121-51-32(15-83)119-62(120-50-31(14-82)116-59(107)47(104)46(50)103)49(106)58(51)130-70(66(114)115)7-24(92)38(75-34(96)17-85)56(128-70)45(102)30(13-81)124-68(64(110)111)5-22(90)36(72-19(2)87)54(126-68)41(98)26(94)9-77/h21-32,35-62,76-85,89-94,97-107H,4-17H2,1-3H3,(H,71,86)(H,72,87)(H,73,88)(H,74,95)(H,75,96)(H,108,109)(H,110,111)(H,112,113)(H,114,115)/t21-,22-,23-,24-,25+,26+,27+,28+,29+,30+,31+,32+,35+,36+,37+,38+,39+,40+,41+,42-,43-,44+,45+,46+,47+,48+,49+,50+,51-,52+,53+,54+,55+,56+,57-,58+,59+,60-,61-,62-,67+,68+,69-,70-/m0/s1. The molecule has 0 aliphatic carbocycles. The fourth-order valence-corrected chi connectivity index (χ4v) is 16.3. The fourth-order valence-electron chi connectivity index (χ4n) is 16.3. The summed E-state index contributed by atoms with van der Waals surface area (Å²) >= 11 is 0. The first-order valence-electron chi connectivity index (χ1n) is 40.0. The van der Waals surface area contributed by atoms with E-state index >= 15 is 0 Å². The Balaban J connectivity index is 1.19. The average molecular weight is 1900 g/mol. The molecule has 0 saturated carbocycles. The van der Waals surface area contributed by atoms with E-state index in [9.17, 15) is 201 Å². The second-order valence-electron chi connectivity index (χ2n) is 31.8. The lowest BCUT2D eigenvalue weighted by Gasteiger charge is -2.53. The van der Waals surface area contributed by atoms with Crippen molar-refractivity contribution in [3.8, 4) is 0 Å². The largest absolute Gasteiger partial charge is 0.477 e. The molecule has 0 aromatic carbocycles. The Morgan fingerprint density at radius 3 is 1.00 bits per heavy atom. The molecule has 130 heavy (non-hydrogen) atoms. The summed E-state index contributed by atoms with van der Waals surface area (Å²) in [6, 6.07) is -10.8. The molecule has 8 heterocycles. The molecule has 0 aromatic heterocycles. The molecular formula is C70H113N5O55. The van der Waals surface area contributed by atoms with Gasteiger partial charge in [-0.05, 0) is 0 Å². The topological polar surface area (TPSA) is 979 Å². The summed E-state index contributed by atoms with van der Waals surface area (Å²) in [5, 5.41) is 355. The van der Waals surface area contributed by atoms with Crippen LogP contribution in [-0.2, 0) is 114 Å². The third-order valence-corrected chi connectivity index (χ3v) is 22.8. The van der Waals surface area contributed by atoms with E-state index in [1.54, 1.807) is 0 Å². The number of carbonyl (C=O) groups excluding carboxylic acids is 5. The van der Waals surface area contributed by atoms with Gasteiger partial charge in [-0.1, -0.05) is 0 Å². The number of carbonyl (C=O) groups is 9. The van der Waals surface area contributed by atoms with E-state index in [-0.39, 0.29) is 0 Å². The number of amides is 5. The van der Waals surface area contributed by atoms with Gasteiger partial charge in [0, 0.05) is 46.5 Å². The maximum atomic E-state index is 14.3. The van der Waals surface area contributed by atoms with E-state index in [0.29, 0.717) is 0 Å². The first-order valence-corrected chi connectivity index (χ1v) is 40.0. The number of nitrogens with one attached hydrogen (secondary N) is 5. The summed E-state index contributed by atoms with van der Waals surface area (Å²) in [4.78, 5) is 119. The van der Waals surface area contributed by atoms with Crippen molar-refractivity contribution in [1.82, 2.24) is 26.6 Å². The number of carboxylic acid groups (broad SMARTS) is 4. The molecule has 8 aliphatic rings. The second kappa shape index (κ2) is 45.9. The van der Waals surface area contributed by atoms with Crippen molar-refractivity contribution < 1.29 is 273 Å². The molecule has 8 fully saturated rings. The molecule has 60 heteroatoms. The van der Waals surface area contributed by atoms with Gasteiger partial charge in [0.25, 0.3) is 23.1 Å². The maximum absolute atomic E-state index is 14.3. The quantitative estimate of drug-likeness (QED) is 0.0270. The van der Waals surface area contributed by atoms with Crippen molar-refractivity contribution in [2.75, 3.05) is 66.1 Å². The molecular weight excluding hydrogens is 1790 g/mol. The molecule has 0 spiro atoms. The number of aliphatic hydroxyl groups excluding tert-OH is 27. The Kier molecular flexibility index (Phi) is 38.5. The minimum Gasteiger partial charge on any atom is -0.477 e. The monoisotopic (exact) mass is 1900 g/mol. The lowest BCUT2D eigenvalue weighted by molar-refractivity contribution is -0.405. The Bertz CT molecular complexity index is 3760. The summed E-state index contributed by atoms with van der Waals surface area (Å²) in [6.45, 7) is -12.1. The summed E-state index contributed by atoms with van der Waals surface area (Å²) in [6.07, 6.45) is -94.3. The molecule has 0 bridgehead atoms. The molecule has 8 saturated heterocycles. The van der Waals surface area contributed by atoms with Crippen LogP contribution in [0.5, 0.6) is 0 Å². The highest BCUT2D eigenvalue weighted by atomic mass is 16.8. The summed E-state index contributed by atoms with van der Waals surface area (Å²) in [7, 11) is 0. The normalized spacial score (nSPS) is 42.0. The van der Waals surface area contributed by atoms with E-state index in [1.165, 1.54) is 0 Å². The van der Waals surface area contributed by atoms with E-state index in [2.05, 4.69) is 16.0 Å². The van der Waals surface area contributed by atoms with Gasteiger partial charge < -0.3 is 256 Å². The van der Waals surface area contributed by atoms with Crippen molar-refractivity contribution in [3.63, 3.8) is 0 Å². The van der Waals surface area contributed by atoms with E-state index in [1.807, 2.05) is 10.6 Å². The van der Waals surface area contributed by atoms with Crippen LogP contribution in [0, 0.1) is 0 Å². The highest BCUT2D eigenvalue weighted by Gasteiger charge is 2.67. The van der Waals surface area contributed by atoms with Gasteiger partial charge in [-0.2, -0.15) is 0 Å². The van der Waals surface area contributed by atoms with Crippen LogP contribution in [0.15, 0.2) is 0 Å². The SMILES string of the molecule is CC(=O)N[C@H]1[C@H](O[C@@H]2[C@H](O[C@]3(C(=O)O)C[C@H](O)[C@@H](NC(=O)CO)[C@H]([C@H](O)[C@@H](CO)O[C@]4(C(=O)O)C[C@H](O)[C@@H](NC(C)=O)[C@H]([C@H](O)[C@H](O)CO)O4)O3)[C@@H](O)[C@H](O[C@H]3[C@H](O)[C@@H](O)[C@H](O)O[C@@H]3CO)O[C@@H]2CO)O[C@H](CO)[C@H](O)[C@@H]1O[C@@H]1O[C@H](CO)[C@H](O)[C@H](O[C@]2(C(=O)O)C[C@H](O)[C@@H](NC(=O)CO)[C@H]([C@H](O)[C@@H](CO)O[C@]3(C(=O)O)C[C@H](O)[C@@H](NC(C)=O)[C@H]([C@H](O)[C@H](O)CO)O3)O2)[C@H]1O. The van der Waals surface area contributed by atoms with Crippen LogP contribution in [0.25, 0.3) is 0 Å². The number of rotatable bonds is 41. The highest BCUT2D eigenvalue weighted by molar-refractivity contribution is 5.80. The summed E-state index contributed by atoms with van der Waals surface area (Å²) < 4.78 is 87.2. The summed E-state index contributed by atoms with van der Waals surface area (Å²) in [5.41, 5.74) is 0. The van der Waals surface area contributed by atoms with Crippen molar-refractivity contribution >= 4 is 53.4 Å². The van der Waals surface area contributed by atoms with Gasteiger partial charge in [0.05, 0.1) is 101 Å². The first-order chi connectivity index (χ1) is 61.0. The van der Waals surface area contributed by atoms with Crippen LogP contribution in [-0.4, -0.2) is 546 Å². The molecule has 5 amide bonds. The Hall–Kier alpha value is -6.45. The average Bonchev–Trinajstić information content (AvgIpc) is 0.743. The predicted octanol–water partition coefficient (Wildman–Crippen LogP) is -23.0. The minimum atomic E-state index is -3.90. The number of ether oxygens (including phenoxy) is 15. The Morgan fingerprint density at radius 1 is 0.331 bits per heavy atom. The Morgan fingerprint density at radius 2 is 0.638 bits per heavy atom. The first kappa shape index (κ1) is 109. The van der Waals surface area contributed by atoms with Crippen molar-refractivity contribution in [2.45, 2.75) is 314 Å². The van der Waals surface area contributed by atoms with Crippen LogP contribution in [0.4, 0.5) is 0 Å². The van der Waals surface area contributed by atoms with Crippen molar-refractivity contribution in [3.05, 3.63) is 0 Å². The lowest BCUT2D eigenvalue weighted by Crippen LogP contribution is -2.73. The van der Waals surface area contributed by atoms with Crippen LogP contribution < -0.4 is 26.6 Å². The van der Waals surface area contributed by atoms with E-state index in [0.717, 1.165) is 20.8 Å². The highest BCUT2D eigenvalue weighted by Crippen LogP contribution is 2.46.